The number of benzene rings is 2. The number of morpholine rings is 1. The Hall–Kier alpha value is -3.08. The van der Waals surface area contributed by atoms with Gasteiger partial charge in [-0.1, -0.05) is 18.2 Å². The maximum atomic E-state index is 13.3. The van der Waals surface area contributed by atoms with Gasteiger partial charge in [-0.2, -0.15) is 0 Å². The largest absolute Gasteiger partial charge is 0.495 e. The van der Waals surface area contributed by atoms with E-state index in [1.807, 2.05) is 13.8 Å². The molecular weight excluding hydrogens is 486 g/mol. The molecule has 1 saturated heterocycles. The third-order valence-corrected chi connectivity index (χ3v) is 8.29. The average molecular weight is 516 g/mol. The third kappa shape index (κ3) is 5.14. The lowest BCUT2D eigenvalue weighted by atomic mass is 10.0. The van der Waals surface area contributed by atoms with E-state index >= 15 is 0 Å². The maximum Gasteiger partial charge on any atom is 0.267 e. The lowest BCUT2D eigenvalue weighted by Crippen LogP contribution is -2.37. The number of hydrogen-bond donors (Lipinski definition) is 2. The molecule has 2 aromatic carbocycles. The summed E-state index contributed by atoms with van der Waals surface area (Å²) in [5, 5.41) is 4.71. The minimum Gasteiger partial charge on any atom is -0.495 e. The van der Waals surface area contributed by atoms with Crippen LogP contribution in [-0.2, 0) is 14.8 Å². The van der Waals surface area contributed by atoms with Crippen LogP contribution < -0.4 is 19.7 Å². The number of hydrogen-bond acceptors (Lipinski definition) is 7. The smallest absolute Gasteiger partial charge is 0.267 e. The fourth-order valence-corrected chi connectivity index (χ4v) is 6.47. The number of anilines is 3. The van der Waals surface area contributed by atoms with E-state index in [4.69, 9.17) is 9.47 Å². The highest BCUT2D eigenvalue weighted by atomic mass is 32.2. The van der Waals surface area contributed by atoms with Crippen molar-refractivity contribution < 1.29 is 22.7 Å². The summed E-state index contributed by atoms with van der Waals surface area (Å²) in [6.07, 6.45) is 0. The number of amides is 1. The fourth-order valence-electron chi connectivity index (χ4n) is 4.42. The van der Waals surface area contributed by atoms with Gasteiger partial charge in [0.15, 0.2) is 0 Å². The van der Waals surface area contributed by atoms with Crippen molar-refractivity contribution >= 4 is 44.3 Å². The summed E-state index contributed by atoms with van der Waals surface area (Å²) in [5.74, 6) is -0.150. The van der Waals surface area contributed by atoms with Gasteiger partial charge in [0.2, 0.25) is 0 Å². The Morgan fingerprint density at radius 1 is 1.09 bits per heavy atom. The van der Waals surface area contributed by atoms with Gasteiger partial charge in [-0.05, 0) is 61.0 Å². The molecule has 0 aliphatic carbocycles. The van der Waals surface area contributed by atoms with Gasteiger partial charge in [0.05, 0.1) is 26.0 Å². The molecule has 35 heavy (non-hydrogen) atoms. The first-order valence-electron chi connectivity index (χ1n) is 11.2. The molecule has 186 valence electrons. The Balaban J connectivity index is 1.62. The lowest BCUT2D eigenvalue weighted by Gasteiger charge is -2.32. The van der Waals surface area contributed by atoms with Gasteiger partial charge in [-0.25, -0.2) is 8.42 Å². The number of nitrogens with one attached hydrogen (secondary N) is 2. The fraction of sp³-hybridized carbons (Fsp3) is 0.320. The van der Waals surface area contributed by atoms with Crippen LogP contribution in [0.4, 0.5) is 17.1 Å². The zero-order chi connectivity index (χ0) is 25.2. The van der Waals surface area contributed by atoms with Gasteiger partial charge in [-0.15, -0.1) is 11.3 Å². The highest BCUT2D eigenvalue weighted by Crippen LogP contribution is 2.35. The molecule has 8 nitrogen and oxygen atoms in total. The summed E-state index contributed by atoms with van der Waals surface area (Å²) in [6, 6.07) is 9.99. The van der Waals surface area contributed by atoms with Crippen LogP contribution in [0.3, 0.4) is 0 Å². The average Bonchev–Trinajstić information content (AvgIpc) is 3.29. The van der Waals surface area contributed by atoms with E-state index in [0.717, 1.165) is 41.2 Å². The van der Waals surface area contributed by atoms with E-state index in [1.165, 1.54) is 24.5 Å². The Bertz CT molecular complexity index is 1350. The highest BCUT2D eigenvalue weighted by molar-refractivity contribution is 7.92. The Morgan fingerprint density at radius 3 is 2.51 bits per heavy atom. The van der Waals surface area contributed by atoms with Crippen LogP contribution in [-0.4, -0.2) is 47.7 Å². The number of para-hydroxylation sites is 1. The SMILES string of the molecule is COc1ccccc1S(=O)(=O)Nc1ccsc1C(=O)Nc1c(C)cc(C)c(N2CCOCC2)c1C. The molecule has 2 heterocycles. The summed E-state index contributed by atoms with van der Waals surface area (Å²) >= 11 is 1.17. The van der Waals surface area contributed by atoms with Crippen molar-refractivity contribution in [2.75, 3.05) is 48.4 Å². The standard InChI is InChI=1S/C25H29N3O5S2/c1-16-15-17(2)23(28-10-12-33-13-11-28)18(3)22(16)26-25(29)24-19(9-14-34-24)27-35(30,31)21-8-6-5-7-20(21)32-4/h5-9,14-15,27H,10-13H2,1-4H3,(H,26,29). The molecule has 0 spiro atoms. The zero-order valence-corrected chi connectivity index (χ0v) is 21.8. The van der Waals surface area contributed by atoms with Crippen molar-refractivity contribution in [2.45, 2.75) is 25.7 Å². The van der Waals surface area contributed by atoms with Crippen LogP contribution in [0.2, 0.25) is 0 Å². The summed E-state index contributed by atoms with van der Waals surface area (Å²) in [4.78, 5) is 15.9. The molecule has 10 heteroatoms. The monoisotopic (exact) mass is 515 g/mol. The van der Waals surface area contributed by atoms with Crippen LogP contribution >= 0.6 is 11.3 Å². The molecular formula is C25H29N3O5S2. The van der Waals surface area contributed by atoms with Gasteiger partial charge in [0.25, 0.3) is 15.9 Å². The van der Waals surface area contributed by atoms with Gasteiger partial charge >= 0.3 is 0 Å². The van der Waals surface area contributed by atoms with Crippen LogP contribution in [0.5, 0.6) is 5.75 Å². The second kappa shape index (κ2) is 10.3. The normalized spacial score (nSPS) is 14.0. The van der Waals surface area contributed by atoms with Crippen molar-refractivity contribution in [3.05, 3.63) is 63.3 Å². The first kappa shape index (κ1) is 25.0. The maximum absolute atomic E-state index is 13.3. The summed E-state index contributed by atoms with van der Waals surface area (Å²) in [6.45, 7) is 8.94. The molecule has 0 atom stereocenters. The van der Waals surface area contributed by atoms with Gasteiger partial charge < -0.3 is 19.7 Å². The third-order valence-electron chi connectivity index (χ3n) is 5.97. The summed E-state index contributed by atoms with van der Waals surface area (Å²) < 4.78 is 39.3. The second-order valence-corrected chi connectivity index (χ2v) is 10.9. The quantitative estimate of drug-likeness (QED) is 0.478. The van der Waals surface area contributed by atoms with Crippen LogP contribution in [0.15, 0.2) is 46.7 Å². The van der Waals surface area contributed by atoms with E-state index in [2.05, 4.69) is 27.9 Å². The van der Waals surface area contributed by atoms with E-state index in [9.17, 15) is 13.2 Å². The summed E-state index contributed by atoms with van der Waals surface area (Å²) in [7, 11) is -2.55. The molecule has 0 saturated carbocycles. The molecule has 1 aliphatic rings. The summed E-state index contributed by atoms with van der Waals surface area (Å²) in [5.41, 5.74) is 5.10. The lowest BCUT2D eigenvalue weighted by molar-refractivity contribution is 0.103. The number of thiophene rings is 1. The Kier molecular flexibility index (Phi) is 7.34. The zero-order valence-electron chi connectivity index (χ0n) is 20.2. The Labute approximate surface area is 209 Å². The van der Waals surface area contributed by atoms with Gasteiger partial charge in [0, 0.05) is 24.5 Å². The number of nitrogens with zero attached hydrogens (tertiary/aromatic N) is 1. The number of sulfonamides is 1. The van der Waals surface area contributed by atoms with E-state index in [1.54, 1.807) is 29.6 Å². The molecule has 3 aromatic rings. The number of rotatable bonds is 7. The van der Waals surface area contributed by atoms with Gasteiger partial charge in [-0.3, -0.25) is 9.52 Å². The number of carbonyl (C=O) groups is 1. The molecule has 1 aromatic heterocycles. The minimum atomic E-state index is -3.96. The first-order chi connectivity index (χ1) is 16.7. The van der Waals surface area contributed by atoms with Crippen molar-refractivity contribution in [1.82, 2.24) is 0 Å². The molecule has 1 fully saturated rings. The molecule has 0 radical (unpaired) electrons. The number of aryl methyl sites for hydroxylation is 2. The number of carbonyl (C=O) groups excluding carboxylic acids is 1. The van der Waals surface area contributed by atoms with E-state index in [-0.39, 0.29) is 27.1 Å². The molecule has 2 N–H and O–H groups in total. The molecule has 0 unspecified atom stereocenters. The number of ether oxygens (including phenoxy) is 2. The van der Waals surface area contributed by atoms with E-state index in [0.29, 0.717) is 13.2 Å². The number of methoxy groups -OCH3 is 1. The molecule has 1 aliphatic heterocycles. The predicted molar refractivity (Wildman–Crippen MR) is 140 cm³/mol. The van der Waals surface area contributed by atoms with Crippen molar-refractivity contribution in [1.29, 1.82) is 0 Å². The molecule has 1 amide bonds. The van der Waals surface area contributed by atoms with Crippen LogP contribution in [0.25, 0.3) is 0 Å². The predicted octanol–water partition coefficient (Wildman–Crippen LogP) is 4.57. The van der Waals surface area contributed by atoms with E-state index < -0.39 is 10.0 Å². The Morgan fingerprint density at radius 2 is 1.80 bits per heavy atom. The van der Waals surface area contributed by atoms with Crippen molar-refractivity contribution in [3.8, 4) is 5.75 Å². The highest BCUT2D eigenvalue weighted by Gasteiger charge is 2.25. The van der Waals surface area contributed by atoms with Crippen molar-refractivity contribution in [3.63, 3.8) is 0 Å². The van der Waals surface area contributed by atoms with Gasteiger partial charge in [0.1, 0.15) is 15.5 Å². The van der Waals surface area contributed by atoms with Crippen molar-refractivity contribution in [2.24, 2.45) is 0 Å². The molecule has 0 bridgehead atoms. The minimum absolute atomic E-state index is 0.000402. The second-order valence-electron chi connectivity index (χ2n) is 8.33. The molecule has 4 rings (SSSR count). The topological polar surface area (TPSA) is 97.0 Å². The van der Waals surface area contributed by atoms with Crippen LogP contribution in [0.1, 0.15) is 26.4 Å². The van der Waals surface area contributed by atoms with Crippen LogP contribution in [0, 0.1) is 20.8 Å². The first-order valence-corrected chi connectivity index (χ1v) is 13.6.